The number of nitrogens with zero attached hydrogens (tertiary/aromatic N) is 4. The molecule has 0 fully saturated rings. The number of hydrogen-bond donors (Lipinski definition) is 1. The average molecular weight is 532 g/mol. The van der Waals surface area contributed by atoms with Gasteiger partial charge in [-0.3, -0.25) is 24.3 Å². The van der Waals surface area contributed by atoms with Crippen molar-refractivity contribution >= 4 is 51.1 Å². The van der Waals surface area contributed by atoms with Crippen molar-refractivity contribution in [3.63, 3.8) is 0 Å². The summed E-state index contributed by atoms with van der Waals surface area (Å²) in [6.45, 7) is 0. The number of carbonyl (C=O) groups is 2. The largest absolute Gasteiger partial charge is 0.274 e. The molecular weight excluding hydrogens is 510 g/mol. The summed E-state index contributed by atoms with van der Waals surface area (Å²) in [4.78, 5) is 34.9. The second kappa shape index (κ2) is 11.0. The Balaban J connectivity index is 1.34. The number of hydrogen-bond acceptors (Lipinski definition) is 6. The van der Waals surface area contributed by atoms with Crippen LogP contribution in [-0.4, -0.2) is 36.7 Å². The van der Waals surface area contributed by atoms with E-state index in [1.165, 1.54) is 5.01 Å². The number of benzene rings is 3. The molecule has 0 spiro atoms. The van der Waals surface area contributed by atoms with Gasteiger partial charge in [-0.05, 0) is 47.5 Å². The molecule has 5 rings (SSSR count). The van der Waals surface area contributed by atoms with E-state index in [9.17, 15) is 13.8 Å². The van der Waals surface area contributed by atoms with Crippen LogP contribution in [0.1, 0.15) is 36.4 Å². The molecule has 2 heterocycles. The van der Waals surface area contributed by atoms with Crippen LogP contribution in [0, 0.1) is 0 Å². The van der Waals surface area contributed by atoms with E-state index in [1.807, 2.05) is 30.3 Å². The Kier molecular flexibility index (Phi) is 7.34. The van der Waals surface area contributed by atoms with Crippen LogP contribution in [0.4, 0.5) is 0 Å². The van der Waals surface area contributed by atoms with Crippen molar-refractivity contribution in [2.24, 2.45) is 5.10 Å². The minimum atomic E-state index is -1.69. The van der Waals surface area contributed by atoms with Gasteiger partial charge in [-0.2, -0.15) is 5.10 Å². The highest BCUT2D eigenvalue weighted by Gasteiger charge is 2.33. The van der Waals surface area contributed by atoms with Crippen LogP contribution in [0.25, 0.3) is 11.0 Å². The SMILES string of the molecule is O=C(CCC(=O)N1N=C(c2ccc(Cl)cc2)CC1c1ccc2nccnc2c1)NS(=O)c1ccccc1. The number of carbonyl (C=O) groups excluding carboxylic acids is 2. The van der Waals surface area contributed by atoms with E-state index >= 15 is 0 Å². The fourth-order valence-electron chi connectivity index (χ4n) is 4.10. The Hall–Kier alpha value is -3.95. The Morgan fingerprint density at radius 1 is 0.946 bits per heavy atom. The lowest BCUT2D eigenvalue weighted by Gasteiger charge is -2.22. The molecule has 0 aliphatic carbocycles. The number of nitrogens with one attached hydrogen (secondary N) is 1. The molecule has 0 saturated heterocycles. The predicted molar refractivity (Wildman–Crippen MR) is 142 cm³/mol. The van der Waals surface area contributed by atoms with E-state index in [1.54, 1.807) is 54.9 Å². The third kappa shape index (κ3) is 5.73. The lowest BCUT2D eigenvalue weighted by Crippen LogP contribution is -2.30. The summed E-state index contributed by atoms with van der Waals surface area (Å²) in [5, 5.41) is 6.69. The number of amides is 2. The third-order valence-electron chi connectivity index (χ3n) is 5.95. The zero-order chi connectivity index (χ0) is 25.8. The van der Waals surface area contributed by atoms with Crippen LogP contribution < -0.4 is 4.72 Å². The maximum Gasteiger partial charge on any atom is 0.243 e. The van der Waals surface area contributed by atoms with Crippen molar-refractivity contribution in [3.05, 3.63) is 101 Å². The van der Waals surface area contributed by atoms with E-state index < -0.39 is 16.9 Å². The highest BCUT2D eigenvalue weighted by atomic mass is 35.5. The topological polar surface area (TPSA) is 105 Å². The molecule has 0 radical (unpaired) electrons. The average Bonchev–Trinajstić information content (AvgIpc) is 3.38. The molecule has 2 unspecified atom stereocenters. The molecule has 2 atom stereocenters. The van der Waals surface area contributed by atoms with Crippen LogP contribution in [0.15, 0.2) is 95.2 Å². The zero-order valence-corrected chi connectivity index (χ0v) is 21.2. The molecule has 186 valence electrons. The van der Waals surface area contributed by atoms with E-state index in [-0.39, 0.29) is 24.8 Å². The first-order valence-electron chi connectivity index (χ1n) is 11.6. The van der Waals surface area contributed by atoms with Gasteiger partial charge in [0.05, 0.1) is 27.7 Å². The number of fused-ring (bicyclic) bond motifs is 1. The summed E-state index contributed by atoms with van der Waals surface area (Å²) in [6.07, 6.45) is 3.54. The monoisotopic (exact) mass is 531 g/mol. The molecule has 0 saturated carbocycles. The highest BCUT2D eigenvalue weighted by Crippen LogP contribution is 2.34. The van der Waals surface area contributed by atoms with Crippen molar-refractivity contribution in [1.29, 1.82) is 0 Å². The van der Waals surface area contributed by atoms with Crippen molar-refractivity contribution in [3.8, 4) is 0 Å². The molecule has 8 nitrogen and oxygen atoms in total. The number of rotatable bonds is 7. The highest BCUT2D eigenvalue weighted by molar-refractivity contribution is 7.83. The molecule has 1 N–H and O–H groups in total. The quantitative estimate of drug-likeness (QED) is 0.376. The van der Waals surface area contributed by atoms with Gasteiger partial charge in [0, 0.05) is 36.7 Å². The second-order valence-electron chi connectivity index (χ2n) is 8.42. The van der Waals surface area contributed by atoms with E-state index in [0.29, 0.717) is 16.3 Å². The number of aromatic nitrogens is 2. The van der Waals surface area contributed by atoms with Gasteiger partial charge in [0.1, 0.15) is 0 Å². The van der Waals surface area contributed by atoms with Crippen LogP contribution in [-0.2, 0) is 20.6 Å². The van der Waals surface area contributed by atoms with Gasteiger partial charge in [0.15, 0.2) is 11.0 Å². The minimum absolute atomic E-state index is 0.0842. The molecule has 3 aromatic carbocycles. The smallest absolute Gasteiger partial charge is 0.243 e. The fourth-order valence-corrected chi connectivity index (χ4v) is 5.05. The standard InChI is InChI=1S/C27H22ClN5O3S/c28-20-9-6-18(7-10-20)23-17-25(19-8-11-22-24(16-19)30-15-14-29-22)33(31-23)27(35)13-12-26(34)32-37(36)21-4-2-1-3-5-21/h1-11,14-16,25H,12-13,17H2,(H,32,34). The number of hydrazone groups is 1. The summed E-state index contributed by atoms with van der Waals surface area (Å²) < 4.78 is 14.8. The molecule has 1 aromatic heterocycles. The van der Waals surface area contributed by atoms with Crippen molar-refractivity contribution in [2.75, 3.05) is 0 Å². The normalized spacial score (nSPS) is 15.9. The summed E-state index contributed by atoms with van der Waals surface area (Å²) in [5.41, 5.74) is 3.94. The van der Waals surface area contributed by atoms with Crippen molar-refractivity contribution < 1.29 is 13.8 Å². The first-order chi connectivity index (χ1) is 18.0. The first-order valence-corrected chi connectivity index (χ1v) is 13.1. The van der Waals surface area contributed by atoms with Gasteiger partial charge in [-0.25, -0.2) is 9.22 Å². The maximum absolute atomic E-state index is 13.3. The Bertz CT molecular complexity index is 1510. The number of halogens is 1. The van der Waals surface area contributed by atoms with Gasteiger partial charge in [-0.1, -0.05) is 48.0 Å². The fraction of sp³-hybridized carbons (Fsp3) is 0.148. The van der Waals surface area contributed by atoms with Gasteiger partial charge in [0.2, 0.25) is 11.8 Å². The summed E-state index contributed by atoms with van der Waals surface area (Å²) in [5.74, 6) is -0.789. The third-order valence-corrected chi connectivity index (χ3v) is 7.32. The van der Waals surface area contributed by atoms with Crippen LogP contribution in [0.5, 0.6) is 0 Å². The summed E-state index contributed by atoms with van der Waals surface area (Å²) >= 11 is 6.05. The molecule has 1 aliphatic rings. The van der Waals surface area contributed by atoms with E-state index in [0.717, 1.165) is 27.9 Å². The van der Waals surface area contributed by atoms with Gasteiger partial charge in [0.25, 0.3) is 0 Å². The Morgan fingerprint density at radius 3 is 2.43 bits per heavy atom. The summed E-state index contributed by atoms with van der Waals surface area (Å²) in [6, 6.07) is 21.2. The molecule has 10 heteroatoms. The van der Waals surface area contributed by atoms with Crippen LogP contribution in [0.2, 0.25) is 5.02 Å². The predicted octanol–water partition coefficient (Wildman–Crippen LogP) is 4.58. The van der Waals surface area contributed by atoms with Gasteiger partial charge in [-0.15, -0.1) is 0 Å². The first kappa shape index (κ1) is 24.7. The van der Waals surface area contributed by atoms with Crippen molar-refractivity contribution in [1.82, 2.24) is 19.7 Å². The molecule has 0 bridgehead atoms. The minimum Gasteiger partial charge on any atom is -0.274 e. The zero-order valence-electron chi connectivity index (χ0n) is 19.6. The van der Waals surface area contributed by atoms with E-state index in [2.05, 4.69) is 19.8 Å². The Labute approximate surface area is 221 Å². The van der Waals surface area contributed by atoms with E-state index in [4.69, 9.17) is 11.6 Å². The van der Waals surface area contributed by atoms with Gasteiger partial charge >= 0.3 is 0 Å². The summed E-state index contributed by atoms with van der Waals surface area (Å²) in [7, 11) is -1.69. The molecule has 1 aliphatic heterocycles. The Morgan fingerprint density at radius 2 is 1.68 bits per heavy atom. The van der Waals surface area contributed by atoms with Crippen LogP contribution >= 0.6 is 11.6 Å². The second-order valence-corrected chi connectivity index (χ2v) is 10.1. The molecule has 2 amide bonds. The molecule has 37 heavy (non-hydrogen) atoms. The lowest BCUT2D eigenvalue weighted by molar-refractivity contribution is -0.134. The molecular formula is C27H22ClN5O3S. The van der Waals surface area contributed by atoms with Crippen LogP contribution in [0.3, 0.4) is 0 Å². The van der Waals surface area contributed by atoms with Crippen molar-refractivity contribution in [2.45, 2.75) is 30.2 Å². The van der Waals surface area contributed by atoms with Gasteiger partial charge < -0.3 is 0 Å². The maximum atomic E-state index is 13.3. The lowest BCUT2D eigenvalue weighted by atomic mass is 9.98. The molecule has 4 aromatic rings.